The predicted octanol–water partition coefficient (Wildman–Crippen LogP) is 4.61. The van der Waals surface area contributed by atoms with E-state index in [0.29, 0.717) is 21.9 Å². The van der Waals surface area contributed by atoms with Gasteiger partial charge in [-0.1, -0.05) is 36.0 Å². The molecule has 0 radical (unpaired) electrons. The second-order valence-corrected chi connectivity index (χ2v) is 9.01. The number of aromatic nitrogens is 2. The number of carbonyl (C=O) groups excluding carboxylic acids is 1. The molecular weight excluding hydrogens is 433 g/mol. The highest BCUT2D eigenvalue weighted by Crippen LogP contribution is 2.25. The third-order valence-electron chi connectivity index (χ3n) is 4.79. The molecule has 0 saturated carbocycles. The highest BCUT2D eigenvalue weighted by molar-refractivity contribution is 7.99. The number of carbonyl (C=O) groups is 1. The molecular formula is C23H20FN3O2S2. The first-order chi connectivity index (χ1) is 14.9. The van der Waals surface area contributed by atoms with E-state index in [1.54, 1.807) is 16.7 Å². The Kier molecular flexibility index (Phi) is 6.20. The standard InChI is InChI=1S/C23H20FN3O2S2/c1-14-3-4-15(2)19(11-14)27-22(29)21-18(9-10-30-21)26-23(27)31-13-20(28)25-12-16-5-7-17(24)8-6-16/h3-11H,12-13H2,1-2H3,(H,25,28). The lowest BCUT2D eigenvalue weighted by Gasteiger charge is -2.15. The minimum atomic E-state index is -0.315. The summed E-state index contributed by atoms with van der Waals surface area (Å²) in [6.45, 7) is 4.23. The highest BCUT2D eigenvalue weighted by atomic mass is 32.2. The van der Waals surface area contributed by atoms with Gasteiger partial charge in [0.25, 0.3) is 5.56 Å². The zero-order chi connectivity index (χ0) is 22.0. The average Bonchev–Trinajstić information content (AvgIpc) is 3.23. The number of hydrogen-bond acceptors (Lipinski definition) is 5. The van der Waals surface area contributed by atoms with Crippen molar-refractivity contribution < 1.29 is 9.18 Å². The number of nitrogens with one attached hydrogen (secondary N) is 1. The molecule has 2 aromatic carbocycles. The van der Waals surface area contributed by atoms with Crippen LogP contribution in [0.5, 0.6) is 0 Å². The number of thioether (sulfide) groups is 1. The topological polar surface area (TPSA) is 64.0 Å². The zero-order valence-electron chi connectivity index (χ0n) is 17.0. The van der Waals surface area contributed by atoms with Crippen LogP contribution in [0.3, 0.4) is 0 Å². The van der Waals surface area contributed by atoms with Gasteiger partial charge in [-0.2, -0.15) is 0 Å². The van der Waals surface area contributed by atoms with Gasteiger partial charge in [0.05, 0.1) is 17.0 Å². The summed E-state index contributed by atoms with van der Waals surface area (Å²) < 4.78 is 15.2. The lowest BCUT2D eigenvalue weighted by Crippen LogP contribution is -2.26. The van der Waals surface area contributed by atoms with Crippen molar-refractivity contribution in [1.82, 2.24) is 14.9 Å². The van der Waals surface area contributed by atoms with Crippen molar-refractivity contribution in [3.63, 3.8) is 0 Å². The molecule has 0 saturated heterocycles. The number of thiophene rings is 1. The van der Waals surface area contributed by atoms with Crippen molar-refractivity contribution in [2.45, 2.75) is 25.5 Å². The van der Waals surface area contributed by atoms with Crippen molar-refractivity contribution >= 4 is 39.2 Å². The van der Waals surface area contributed by atoms with E-state index in [0.717, 1.165) is 22.4 Å². The van der Waals surface area contributed by atoms with E-state index < -0.39 is 0 Å². The van der Waals surface area contributed by atoms with Crippen LogP contribution in [-0.2, 0) is 11.3 Å². The molecule has 2 aromatic heterocycles. The van der Waals surface area contributed by atoms with E-state index in [2.05, 4.69) is 10.3 Å². The molecule has 4 rings (SSSR count). The Hall–Kier alpha value is -2.97. The number of amides is 1. The van der Waals surface area contributed by atoms with Crippen LogP contribution in [0.4, 0.5) is 4.39 Å². The monoisotopic (exact) mass is 453 g/mol. The smallest absolute Gasteiger partial charge is 0.276 e. The van der Waals surface area contributed by atoms with Crippen LogP contribution in [0, 0.1) is 19.7 Å². The summed E-state index contributed by atoms with van der Waals surface area (Å²) in [7, 11) is 0. The number of aryl methyl sites for hydroxylation is 2. The second-order valence-electron chi connectivity index (χ2n) is 7.15. The van der Waals surface area contributed by atoms with Crippen LogP contribution in [-0.4, -0.2) is 21.2 Å². The summed E-state index contributed by atoms with van der Waals surface area (Å²) in [5, 5.41) is 5.14. The van der Waals surface area contributed by atoms with E-state index in [-0.39, 0.29) is 23.0 Å². The van der Waals surface area contributed by atoms with Gasteiger partial charge in [-0.25, -0.2) is 9.37 Å². The van der Waals surface area contributed by atoms with Gasteiger partial charge in [0.15, 0.2) is 5.16 Å². The van der Waals surface area contributed by atoms with Crippen LogP contribution in [0.15, 0.2) is 63.9 Å². The summed E-state index contributed by atoms with van der Waals surface area (Å²) in [5.41, 5.74) is 4.06. The number of rotatable bonds is 6. The number of halogens is 1. The maximum absolute atomic E-state index is 13.2. The van der Waals surface area contributed by atoms with Gasteiger partial charge >= 0.3 is 0 Å². The Labute approximate surface area is 187 Å². The predicted molar refractivity (Wildman–Crippen MR) is 124 cm³/mol. The molecule has 0 aliphatic rings. The summed E-state index contributed by atoms with van der Waals surface area (Å²) in [6.07, 6.45) is 0. The fraction of sp³-hybridized carbons (Fsp3) is 0.174. The fourth-order valence-corrected chi connectivity index (χ4v) is 4.74. The number of benzene rings is 2. The van der Waals surface area contributed by atoms with Crippen LogP contribution < -0.4 is 10.9 Å². The minimum Gasteiger partial charge on any atom is -0.351 e. The molecule has 0 spiro atoms. The molecule has 1 amide bonds. The molecule has 2 heterocycles. The van der Waals surface area contributed by atoms with Gasteiger partial charge in [0, 0.05) is 6.54 Å². The molecule has 0 unspecified atom stereocenters. The summed E-state index contributed by atoms with van der Waals surface area (Å²) in [5.74, 6) is -0.403. The Balaban J connectivity index is 1.59. The first-order valence-corrected chi connectivity index (χ1v) is 11.5. The third kappa shape index (κ3) is 4.70. The summed E-state index contributed by atoms with van der Waals surface area (Å²) >= 11 is 2.58. The third-order valence-corrected chi connectivity index (χ3v) is 6.62. The van der Waals surface area contributed by atoms with Gasteiger partial charge < -0.3 is 5.32 Å². The SMILES string of the molecule is Cc1ccc(C)c(-n2c(SCC(=O)NCc3ccc(F)cc3)nc3ccsc3c2=O)c1. The molecule has 0 bridgehead atoms. The zero-order valence-corrected chi connectivity index (χ0v) is 18.6. The molecule has 0 aliphatic heterocycles. The Morgan fingerprint density at radius 2 is 1.94 bits per heavy atom. The van der Waals surface area contributed by atoms with E-state index in [9.17, 15) is 14.0 Å². The van der Waals surface area contributed by atoms with Crippen molar-refractivity contribution in [1.29, 1.82) is 0 Å². The molecule has 31 heavy (non-hydrogen) atoms. The number of hydrogen-bond donors (Lipinski definition) is 1. The van der Waals surface area contributed by atoms with E-state index in [4.69, 9.17) is 0 Å². The largest absolute Gasteiger partial charge is 0.351 e. The normalized spacial score (nSPS) is 11.1. The van der Waals surface area contributed by atoms with Gasteiger partial charge in [0.1, 0.15) is 10.5 Å². The maximum Gasteiger partial charge on any atom is 0.276 e. The number of nitrogens with zero attached hydrogens (tertiary/aromatic N) is 2. The molecule has 158 valence electrons. The minimum absolute atomic E-state index is 0.105. The average molecular weight is 454 g/mol. The molecule has 0 aliphatic carbocycles. The van der Waals surface area contributed by atoms with Gasteiger partial charge in [-0.15, -0.1) is 11.3 Å². The van der Waals surface area contributed by atoms with Crippen LogP contribution in [0.2, 0.25) is 0 Å². The van der Waals surface area contributed by atoms with Crippen molar-refractivity contribution in [3.8, 4) is 5.69 Å². The Morgan fingerprint density at radius 1 is 1.16 bits per heavy atom. The van der Waals surface area contributed by atoms with Gasteiger partial charge in [0.2, 0.25) is 5.91 Å². The molecule has 4 aromatic rings. The summed E-state index contributed by atoms with van der Waals surface area (Å²) in [4.78, 5) is 30.3. The van der Waals surface area contributed by atoms with Gasteiger partial charge in [-0.05, 0) is 60.2 Å². The molecule has 8 heteroatoms. The lowest BCUT2D eigenvalue weighted by molar-refractivity contribution is -0.118. The molecule has 0 fully saturated rings. The van der Waals surface area contributed by atoms with Gasteiger partial charge in [-0.3, -0.25) is 14.2 Å². The van der Waals surface area contributed by atoms with Crippen LogP contribution in [0.1, 0.15) is 16.7 Å². The van der Waals surface area contributed by atoms with Crippen LogP contribution in [0.25, 0.3) is 15.9 Å². The molecule has 5 nitrogen and oxygen atoms in total. The maximum atomic E-state index is 13.2. The number of fused-ring (bicyclic) bond motifs is 1. The first-order valence-electron chi connectivity index (χ1n) is 9.64. The van der Waals surface area contributed by atoms with Crippen molar-refractivity contribution in [2.24, 2.45) is 0 Å². The lowest BCUT2D eigenvalue weighted by atomic mass is 10.1. The Morgan fingerprint density at radius 3 is 2.71 bits per heavy atom. The van der Waals surface area contributed by atoms with Crippen LogP contribution >= 0.6 is 23.1 Å². The van der Waals surface area contributed by atoms with E-state index >= 15 is 0 Å². The second kappa shape index (κ2) is 9.03. The molecule has 0 atom stereocenters. The highest BCUT2D eigenvalue weighted by Gasteiger charge is 2.17. The van der Waals surface area contributed by atoms with Crippen molar-refractivity contribution in [2.75, 3.05) is 5.75 Å². The quantitative estimate of drug-likeness (QED) is 0.342. The molecule has 1 N–H and O–H groups in total. The van der Waals surface area contributed by atoms with Crippen molar-refractivity contribution in [3.05, 3.63) is 86.8 Å². The Bertz CT molecular complexity index is 1310. The fourth-order valence-electron chi connectivity index (χ4n) is 3.15. The van der Waals surface area contributed by atoms with E-state index in [1.807, 2.05) is 43.5 Å². The van der Waals surface area contributed by atoms with E-state index in [1.165, 1.54) is 35.2 Å². The first kappa shape index (κ1) is 21.3. The summed E-state index contributed by atoms with van der Waals surface area (Å²) in [6, 6.07) is 13.7.